The van der Waals surface area contributed by atoms with Crippen molar-refractivity contribution in [3.8, 4) is 6.01 Å². The van der Waals surface area contributed by atoms with Crippen LogP contribution in [0.25, 0.3) is 10.9 Å². The third-order valence-electron chi connectivity index (χ3n) is 7.38. The molecule has 9 nitrogen and oxygen atoms in total. The number of aliphatic hydroxyl groups excluding tert-OH is 1. The molecule has 0 saturated carbocycles. The third kappa shape index (κ3) is 5.40. The Labute approximate surface area is 236 Å². The summed E-state index contributed by atoms with van der Waals surface area (Å²) in [5, 5.41) is 11.1. The van der Waals surface area contributed by atoms with E-state index in [1.165, 1.54) is 11.8 Å². The van der Waals surface area contributed by atoms with Gasteiger partial charge in [-0.05, 0) is 23.3 Å². The second kappa shape index (κ2) is 11.3. The van der Waals surface area contributed by atoms with E-state index in [-0.39, 0.29) is 52.7 Å². The second-order valence-corrected chi connectivity index (χ2v) is 10.6. The number of carbonyl (C=O) groups is 2. The van der Waals surface area contributed by atoms with E-state index >= 15 is 4.39 Å². The average molecular weight is 568 g/mol. The van der Waals surface area contributed by atoms with Crippen LogP contribution in [0.1, 0.15) is 36.0 Å². The predicted octanol–water partition coefficient (Wildman–Crippen LogP) is 4.08. The smallest absolute Gasteiger partial charge is 0.319 e. The van der Waals surface area contributed by atoms with Gasteiger partial charge in [0.2, 0.25) is 11.8 Å². The molecule has 40 heavy (non-hydrogen) atoms. The Kier molecular flexibility index (Phi) is 7.80. The monoisotopic (exact) mass is 567 g/mol. The van der Waals surface area contributed by atoms with Gasteiger partial charge < -0.3 is 24.5 Å². The number of rotatable bonds is 6. The van der Waals surface area contributed by atoms with Gasteiger partial charge >= 0.3 is 6.01 Å². The molecule has 1 aromatic heterocycles. The molecular formula is C29H31ClFN5O4. The lowest BCUT2D eigenvalue weighted by Crippen LogP contribution is -2.48. The van der Waals surface area contributed by atoms with Gasteiger partial charge in [0.15, 0.2) is 5.82 Å². The molecule has 3 aromatic rings. The molecule has 2 amide bonds. The summed E-state index contributed by atoms with van der Waals surface area (Å²) < 4.78 is 22.3. The maximum absolute atomic E-state index is 16.5. The minimum atomic E-state index is -0.631. The highest BCUT2D eigenvalue weighted by Gasteiger charge is 2.30. The van der Waals surface area contributed by atoms with E-state index in [0.717, 1.165) is 11.1 Å². The number of aromatic nitrogens is 2. The number of anilines is 1. The predicted molar refractivity (Wildman–Crippen MR) is 150 cm³/mol. The van der Waals surface area contributed by atoms with E-state index in [2.05, 4.69) is 9.97 Å². The Bertz CT molecular complexity index is 1500. The van der Waals surface area contributed by atoms with Gasteiger partial charge in [-0.3, -0.25) is 9.59 Å². The average Bonchev–Trinajstić information content (AvgIpc) is 2.93. The van der Waals surface area contributed by atoms with Gasteiger partial charge in [-0.1, -0.05) is 35.9 Å². The first kappa shape index (κ1) is 27.6. The van der Waals surface area contributed by atoms with Crippen LogP contribution < -0.4 is 9.64 Å². The number of halogens is 2. The Morgan fingerprint density at radius 2 is 1.90 bits per heavy atom. The van der Waals surface area contributed by atoms with Crippen LogP contribution in [0, 0.1) is 5.82 Å². The number of hydrogen-bond donors (Lipinski definition) is 1. The van der Waals surface area contributed by atoms with Crippen molar-refractivity contribution in [1.82, 2.24) is 19.8 Å². The van der Waals surface area contributed by atoms with E-state index < -0.39 is 11.7 Å². The van der Waals surface area contributed by atoms with Crippen molar-refractivity contribution < 1.29 is 23.8 Å². The van der Waals surface area contributed by atoms with E-state index in [1.807, 2.05) is 29.2 Å². The van der Waals surface area contributed by atoms with E-state index in [9.17, 15) is 14.7 Å². The summed E-state index contributed by atoms with van der Waals surface area (Å²) in [6.45, 7) is 3.50. The van der Waals surface area contributed by atoms with Crippen LogP contribution in [0.4, 0.5) is 10.2 Å². The quantitative estimate of drug-likeness (QED) is 0.479. The van der Waals surface area contributed by atoms with Crippen molar-refractivity contribution in [2.45, 2.75) is 25.7 Å². The van der Waals surface area contributed by atoms with Crippen LogP contribution in [0.15, 0.2) is 42.2 Å². The number of ether oxygens (including phenoxy) is 1. The molecule has 210 valence electrons. The molecule has 1 unspecified atom stereocenters. The lowest BCUT2D eigenvalue weighted by atomic mass is 9.82. The second-order valence-electron chi connectivity index (χ2n) is 10.2. The topological polar surface area (TPSA) is 99.1 Å². The number of benzene rings is 2. The van der Waals surface area contributed by atoms with Crippen molar-refractivity contribution in [1.29, 1.82) is 0 Å². The van der Waals surface area contributed by atoms with Crippen LogP contribution in [0.5, 0.6) is 6.01 Å². The fraction of sp³-hybridized carbons (Fsp3) is 0.379. The standard InChI is InChI=1S/C29H31ClFN5O4/c1-17(37)35-9-11-36(12-10-35)28-22-16-23(30)25(21-15-19(38)14-18-6-4-5-7-20(18)21)26(31)27(22)32-29(33-28)40-13-8-24(39)34(2)3/h4-7,15-16,21,38H,8-14H2,1-3H3. The molecular weight excluding hydrogens is 537 g/mol. The highest BCUT2D eigenvalue weighted by molar-refractivity contribution is 6.32. The van der Waals surface area contributed by atoms with Gasteiger partial charge in [-0.2, -0.15) is 9.97 Å². The van der Waals surface area contributed by atoms with Crippen LogP contribution in [0.2, 0.25) is 5.02 Å². The fourth-order valence-electron chi connectivity index (χ4n) is 5.23. The number of fused-ring (bicyclic) bond motifs is 2. The Balaban J connectivity index is 1.60. The van der Waals surface area contributed by atoms with Crippen LogP contribution in [-0.2, 0) is 16.0 Å². The van der Waals surface area contributed by atoms with Crippen LogP contribution in [0.3, 0.4) is 0 Å². The molecule has 1 fully saturated rings. The van der Waals surface area contributed by atoms with E-state index in [0.29, 0.717) is 43.8 Å². The number of aliphatic hydroxyl groups is 1. The van der Waals surface area contributed by atoms with Crippen LogP contribution in [-0.4, -0.2) is 83.6 Å². The van der Waals surface area contributed by atoms with Gasteiger partial charge in [0.05, 0.1) is 12.2 Å². The van der Waals surface area contributed by atoms with Crippen molar-refractivity contribution >= 4 is 40.1 Å². The molecule has 0 spiro atoms. The van der Waals surface area contributed by atoms with Crippen LogP contribution >= 0.6 is 11.6 Å². The lowest BCUT2D eigenvalue weighted by Gasteiger charge is -2.35. The van der Waals surface area contributed by atoms with Crippen molar-refractivity contribution in [2.75, 3.05) is 51.8 Å². The molecule has 1 atom stereocenters. The lowest BCUT2D eigenvalue weighted by molar-refractivity contribution is -0.130. The minimum absolute atomic E-state index is 0.00965. The van der Waals surface area contributed by atoms with Crippen molar-refractivity contribution in [3.05, 3.63) is 69.7 Å². The molecule has 1 aliphatic carbocycles. The molecule has 0 bridgehead atoms. The van der Waals surface area contributed by atoms with E-state index in [4.69, 9.17) is 16.3 Å². The summed E-state index contributed by atoms with van der Waals surface area (Å²) >= 11 is 6.77. The highest BCUT2D eigenvalue weighted by Crippen LogP contribution is 2.42. The summed E-state index contributed by atoms with van der Waals surface area (Å²) in [4.78, 5) is 38.1. The largest absolute Gasteiger partial charge is 0.512 e. The molecule has 11 heteroatoms. The number of amides is 2. The molecule has 2 aromatic carbocycles. The molecule has 0 radical (unpaired) electrons. The highest BCUT2D eigenvalue weighted by atomic mass is 35.5. The van der Waals surface area contributed by atoms with Gasteiger partial charge in [-0.15, -0.1) is 0 Å². The molecule has 1 saturated heterocycles. The Morgan fingerprint density at radius 1 is 1.18 bits per heavy atom. The Hall–Kier alpha value is -3.92. The first-order valence-corrected chi connectivity index (χ1v) is 13.5. The maximum Gasteiger partial charge on any atom is 0.319 e. The molecule has 2 aliphatic rings. The molecule has 2 heterocycles. The first-order valence-electron chi connectivity index (χ1n) is 13.1. The molecule has 5 rings (SSSR count). The zero-order chi connectivity index (χ0) is 28.6. The normalized spacial score (nSPS) is 16.9. The van der Waals surface area contributed by atoms with E-state index in [1.54, 1.807) is 31.1 Å². The summed E-state index contributed by atoms with van der Waals surface area (Å²) in [5.74, 6) is -0.791. The summed E-state index contributed by atoms with van der Waals surface area (Å²) in [7, 11) is 3.31. The van der Waals surface area contributed by atoms with Crippen molar-refractivity contribution in [2.24, 2.45) is 0 Å². The third-order valence-corrected chi connectivity index (χ3v) is 7.69. The van der Waals surface area contributed by atoms with Gasteiger partial charge in [0.1, 0.15) is 17.9 Å². The maximum atomic E-state index is 16.5. The van der Waals surface area contributed by atoms with Gasteiger partial charge in [0, 0.05) is 75.5 Å². The fourth-order valence-corrected chi connectivity index (χ4v) is 5.54. The number of carbonyl (C=O) groups excluding carboxylic acids is 2. The SMILES string of the molecule is CC(=O)N1CCN(c2nc(OCCC(=O)N(C)C)nc3c(F)c(C4C=C(O)Cc5ccccc54)c(Cl)cc23)CC1. The van der Waals surface area contributed by atoms with Gasteiger partial charge in [0.25, 0.3) is 0 Å². The number of hydrogen-bond acceptors (Lipinski definition) is 7. The number of piperazine rings is 1. The summed E-state index contributed by atoms with van der Waals surface area (Å²) in [6, 6.07) is 9.15. The Morgan fingerprint density at radius 3 is 2.60 bits per heavy atom. The number of allylic oxidation sites excluding steroid dienone is 2. The van der Waals surface area contributed by atoms with Gasteiger partial charge in [-0.25, -0.2) is 4.39 Å². The molecule has 1 N–H and O–H groups in total. The zero-order valence-corrected chi connectivity index (χ0v) is 23.4. The first-order chi connectivity index (χ1) is 19.1. The zero-order valence-electron chi connectivity index (χ0n) is 22.7. The molecule has 1 aliphatic heterocycles. The number of nitrogens with zero attached hydrogens (tertiary/aromatic N) is 5. The minimum Gasteiger partial charge on any atom is -0.512 e. The summed E-state index contributed by atoms with van der Waals surface area (Å²) in [6.07, 6.45) is 2.09. The van der Waals surface area contributed by atoms with Crippen molar-refractivity contribution in [3.63, 3.8) is 0 Å². The summed E-state index contributed by atoms with van der Waals surface area (Å²) in [5.41, 5.74) is 1.98.